The summed E-state index contributed by atoms with van der Waals surface area (Å²) < 4.78 is 26.7. The lowest BCUT2D eigenvalue weighted by atomic mass is 9.74. The first-order chi connectivity index (χ1) is 17.2. The number of hydrogen-bond donors (Lipinski definition) is 1. The first-order valence-electron chi connectivity index (χ1n) is 11.5. The van der Waals surface area contributed by atoms with Crippen LogP contribution in [-0.2, 0) is 11.8 Å². The molecule has 0 bridgehead atoms. The van der Waals surface area contributed by atoms with E-state index in [1.165, 1.54) is 35.5 Å². The summed E-state index contributed by atoms with van der Waals surface area (Å²) in [5.41, 5.74) is 0.213. The van der Waals surface area contributed by atoms with Crippen LogP contribution in [0.25, 0.3) is 0 Å². The molecule has 0 aliphatic carbocycles. The van der Waals surface area contributed by atoms with Crippen molar-refractivity contribution in [3.8, 4) is 34.8 Å². The van der Waals surface area contributed by atoms with Gasteiger partial charge in [0.15, 0.2) is 23.0 Å². The van der Waals surface area contributed by atoms with Gasteiger partial charge in [0, 0.05) is 11.3 Å². The first kappa shape index (κ1) is 28.5. The van der Waals surface area contributed by atoms with E-state index in [0.29, 0.717) is 46.3 Å². The van der Waals surface area contributed by atoms with Crippen LogP contribution in [0, 0.1) is 21.4 Å². The summed E-state index contributed by atoms with van der Waals surface area (Å²) in [6, 6.07) is 9.52. The predicted octanol–water partition coefficient (Wildman–Crippen LogP) is 3.93. The molecule has 0 radical (unpaired) electrons. The molecular weight excluding hydrogens is 468 g/mol. The Morgan fingerprint density at radius 2 is 1.56 bits per heavy atom. The number of ether oxygens (including phenoxy) is 5. The van der Waals surface area contributed by atoms with Gasteiger partial charge in [-0.3, -0.25) is 10.1 Å². The molecule has 2 rings (SSSR count). The third-order valence-electron chi connectivity index (χ3n) is 6.51. The van der Waals surface area contributed by atoms with Crippen LogP contribution >= 0.6 is 0 Å². The number of rotatable bonds is 14. The molecule has 2 aromatic rings. The highest BCUT2D eigenvalue weighted by Crippen LogP contribution is 2.44. The van der Waals surface area contributed by atoms with Gasteiger partial charge in [0.25, 0.3) is 0 Å². The second-order valence-electron chi connectivity index (χ2n) is 8.31. The van der Waals surface area contributed by atoms with Crippen molar-refractivity contribution < 1.29 is 33.7 Å². The van der Waals surface area contributed by atoms with Crippen molar-refractivity contribution in [2.45, 2.75) is 50.2 Å². The first-order valence-corrected chi connectivity index (χ1v) is 11.5. The Bertz CT molecular complexity index is 1060. The molecular formula is C26H34N2O8. The van der Waals surface area contributed by atoms with E-state index in [1.54, 1.807) is 30.3 Å². The smallest absolute Gasteiger partial charge is 0.242 e. The largest absolute Gasteiger partial charge is 0.493 e. The van der Waals surface area contributed by atoms with E-state index in [0.717, 1.165) is 0 Å². The minimum atomic E-state index is -1.28. The van der Waals surface area contributed by atoms with Gasteiger partial charge in [-0.1, -0.05) is 13.0 Å². The fourth-order valence-electron chi connectivity index (χ4n) is 4.27. The highest BCUT2D eigenvalue weighted by atomic mass is 16.6. The van der Waals surface area contributed by atoms with Gasteiger partial charge in [-0.05, 0) is 54.7 Å². The Balaban J connectivity index is 2.32. The minimum absolute atomic E-state index is 0.00954. The van der Waals surface area contributed by atoms with E-state index in [4.69, 9.17) is 23.7 Å². The lowest BCUT2D eigenvalue weighted by Crippen LogP contribution is -2.37. The van der Waals surface area contributed by atoms with Crippen molar-refractivity contribution in [2.24, 2.45) is 0 Å². The summed E-state index contributed by atoms with van der Waals surface area (Å²) in [7, 11) is 7.45. The Labute approximate surface area is 211 Å². The topological polar surface area (TPSA) is 133 Å². The van der Waals surface area contributed by atoms with Gasteiger partial charge in [0.05, 0.1) is 47.0 Å². The highest BCUT2D eigenvalue weighted by molar-refractivity contribution is 5.56. The van der Waals surface area contributed by atoms with E-state index in [1.807, 2.05) is 6.92 Å². The molecule has 3 unspecified atom stereocenters. The van der Waals surface area contributed by atoms with Gasteiger partial charge in [0.1, 0.15) is 6.10 Å². The van der Waals surface area contributed by atoms with Crippen molar-refractivity contribution in [1.29, 1.82) is 5.26 Å². The molecule has 0 heterocycles. The molecule has 10 heteroatoms. The number of aliphatic hydroxyl groups excluding tert-OH is 1. The molecule has 0 aliphatic rings. The average molecular weight is 503 g/mol. The molecule has 0 fully saturated rings. The third-order valence-corrected chi connectivity index (χ3v) is 6.51. The van der Waals surface area contributed by atoms with E-state index in [-0.39, 0.29) is 19.3 Å². The summed E-state index contributed by atoms with van der Waals surface area (Å²) in [5.74, 6) is 2.15. The maximum atomic E-state index is 11.9. The van der Waals surface area contributed by atoms with Crippen LogP contribution in [0.4, 0.5) is 0 Å². The SMILES string of the molecule is CCC(C#N)(CCC(O)C(Cc1ccc(OC)c(OC)c1)[N+](=O)[O-])c1cc(OC)c(OC)c(OC)c1. The molecule has 0 amide bonds. The van der Waals surface area contributed by atoms with Crippen molar-refractivity contribution in [1.82, 2.24) is 0 Å². The zero-order valence-electron chi connectivity index (χ0n) is 21.6. The van der Waals surface area contributed by atoms with Gasteiger partial charge in [-0.2, -0.15) is 5.26 Å². The molecule has 1 N–H and O–H groups in total. The van der Waals surface area contributed by atoms with Crippen LogP contribution < -0.4 is 23.7 Å². The normalized spacial score (nSPS) is 14.1. The predicted molar refractivity (Wildman–Crippen MR) is 133 cm³/mol. The lowest BCUT2D eigenvalue weighted by Gasteiger charge is -2.28. The Kier molecular flexibility index (Phi) is 10.2. The zero-order chi connectivity index (χ0) is 26.9. The van der Waals surface area contributed by atoms with Crippen LogP contribution in [0.2, 0.25) is 0 Å². The maximum Gasteiger partial charge on any atom is 0.242 e. The lowest BCUT2D eigenvalue weighted by molar-refractivity contribution is -0.534. The highest BCUT2D eigenvalue weighted by Gasteiger charge is 2.37. The van der Waals surface area contributed by atoms with E-state index >= 15 is 0 Å². The summed E-state index contributed by atoms with van der Waals surface area (Å²) in [5, 5.41) is 32.9. The van der Waals surface area contributed by atoms with Crippen molar-refractivity contribution >= 4 is 0 Å². The second kappa shape index (κ2) is 12.8. The summed E-state index contributed by atoms with van der Waals surface area (Å²) in [6.45, 7) is 1.85. The zero-order valence-corrected chi connectivity index (χ0v) is 21.6. The number of nitrogens with zero attached hydrogens (tertiary/aromatic N) is 2. The fraction of sp³-hybridized carbons (Fsp3) is 0.500. The molecule has 10 nitrogen and oxygen atoms in total. The number of methoxy groups -OCH3 is 5. The number of aliphatic hydroxyl groups is 1. The number of nitro groups is 1. The Hall–Kier alpha value is -3.71. The summed E-state index contributed by atoms with van der Waals surface area (Å²) in [4.78, 5) is 11.4. The minimum Gasteiger partial charge on any atom is -0.493 e. The van der Waals surface area contributed by atoms with Gasteiger partial charge in [-0.15, -0.1) is 0 Å². The monoisotopic (exact) mass is 502 g/mol. The molecule has 0 saturated heterocycles. The molecule has 0 aromatic heterocycles. The maximum absolute atomic E-state index is 11.9. The number of benzene rings is 2. The van der Waals surface area contributed by atoms with E-state index < -0.39 is 22.5 Å². The number of nitriles is 1. The Morgan fingerprint density at radius 1 is 0.972 bits per heavy atom. The molecule has 36 heavy (non-hydrogen) atoms. The third kappa shape index (κ3) is 6.10. The van der Waals surface area contributed by atoms with Crippen LogP contribution in [0.1, 0.15) is 37.3 Å². The fourth-order valence-corrected chi connectivity index (χ4v) is 4.27. The van der Waals surface area contributed by atoms with Crippen LogP contribution in [0.3, 0.4) is 0 Å². The van der Waals surface area contributed by atoms with Crippen molar-refractivity contribution in [3.05, 3.63) is 51.6 Å². The van der Waals surface area contributed by atoms with Crippen LogP contribution in [0.15, 0.2) is 30.3 Å². The molecule has 196 valence electrons. The van der Waals surface area contributed by atoms with Gasteiger partial charge in [0.2, 0.25) is 11.8 Å². The number of hydrogen-bond acceptors (Lipinski definition) is 9. The van der Waals surface area contributed by atoms with Crippen molar-refractivity contribution in [2.75, 3.05) is 35.5 Å². The average Bonchev–Trinajstić information content (AvgIpc) is 2.91. The van der Waals surface area contributed by atoms with Crippen LogP contribution in [0.5, 0.6) is 28.7 Å². The van der Waals surface area contributed by atoms with Gasteiger partial charge in [-0.25, -0.2) is 0 Å². The van der Waals surface area contributed by atoms with Gasteiger partial charge < -0.3 is 28.8 Å². The van der Waals surface area contributed by atoms with E-state index in [2.05, 4.69) is 6.07 Å². The summed E-state index contributed by atoms with van der Waals surface area (Å²) >= 11 is 0. The summed E-state index contributed by atoms with van der Waals surface area (Å²) in [6.07, 6.45) is -0.653. The Morgan fingerprint density at radius 3 is 2.00 bits per heavy atom. The quantitative estimate of drug-likeness (QED) is 0.301. The molecule has 0 saturated carbocycles. The van der Waals surface area contributed by atoms with Gasteiger partial charge >= 0.3 is 0 Å². The van der Waals surface area contributed by atoms with Crippen LogP contribution in [-0.4, -0.2) is 57.7 Å². The molecule has 0 aliphatic heterocycles. The molecule has 0 spiro atoms. The second-order valence-corrected chi connectivity index (χ2v) is 8.31. The standard InChI is InChI=1S/C26H34N2O8/c1-7-26(16-27,18-14-23(34-4)25(36-6)24(15-18)35-5)11-10-20(29)19(28(30)31)12-17-8-9-21(32-2)22(13-17)33-3/h8-9,13-15,19-20,29H,7,10-12H2,1-6H3. The van der Waals surface area contributed by atoms with Crippen molar-refractivity contribution in [3.63, 3.8) is 0 Å². The molecule has 2 aromatic carbocycles. The molecule has 3 atom stereocenters. The van der Waals surface area contributed by atoms with E-state index in [9.17, 15) is 20.5 Å².